The summed E-state index contributed by atoms with van der Waals surface area (Å²) in [5.74, 6) is -2.24. The summed E-state index contributed by atoms with van der Waals surface area (Å²) in [6.45, 7) is -1.10. The first-order valence-corrected chi connectivity index (χ1v) is 12.0. The van der Waals surface area contributed by atoms with Crippen LogP contribution in [0.3, 0.4) is 0 Å². The summed E-state index contributed by atoms with van der Waals surface area (Å²) in [6.07, 6.45) is -8.70. The summed E-state index contributed by atoms with van der Waals surface area (Å²) in [6, 6.07) is 0.449. The van der Waals surface area contributed by atoms with E-state index in [0.29, 0.717) is 18.2 Å². The number of sulfonamides is 2. The summed E-state index contributed by atoms with van der Waals surface area (Å²) in [5, 5.41) is 0. The van der Waals surface area contributed by atoms with Crippen LogP contribution in [-0.2, 0) is 24.8 Å². The molecule has 0 radical (unpaired) electrons. The van der Waals surface area contributed by atoms with Crippen LogP contribution in [0.15, 0.2) is 18.2 Å². The smallest absolute Gasteiger partial charge is 0.214 e. The van der Waals surface area contributed by atoms with E-state index >= 15 is 0 Å². The fraction of sp³-hybridized carbons (Fsp3) is 0.625. The maximum absolute atomic E-state index is 14.5. The quantitative estimate of drug-likeness (QED) is 0.542. The molecule has 6 nitrogen and oxygen atoms in total. The lowest BCUT2D eigenvalue weighted by Gasteiger charge is -2.40. The number of hydrogen-bond donors (Lipinski definition) is 2. The number of rotatable bonds is 7. The van der Waals surface area contributed by atoms with Gasteiger partial charge in [0.15, 0.2) is 0 Å². The molecule has 184 valence electrons. The van der Waals surface area contributed by atoms with Gasteiger partial charge < -0.3 is 0 Å². The second-order valence-electron chi connectivity index (χ2n) is 7.22. The number of hydrogen-bond acceptors (Lipinski definition) is 4. The van der Waals surface area contributed by atoms with Crippen LogP contribution in [0.4, 0.5) is 35.1 Å². The Bertz CT molecular complexity index is 1030. The van der Waals surface area contributed by atoms with Crippen LogP contribution in [0, 0.1) is 11.6 Å². The summed E-state index contributed by atoms with van der Waals surface area (Å²) < 4.78 is 152. The van der Waals surface area contributed by atoms with Crippen molar-refractivity contribution in [2.45, 2.75) is 54.6 Å². The third kappa shape index (κ3) is 5.88. The highest BCUT2D eigenvalue weighted by Gasteiger charge is 2.52. The second-order valence-corrected chi connectivity index (χ2v) is 11.0. The van der Waals surface area contributed by atoms with Gasteiger partial charge in [-0.05, 0) is 43.9 Å². The van der Waals surface area contributed by atoms with Gasteiger partial charge in [-0.15, -0.1) is 0 Å². The Hall–Kier alpha value is -1.52. The Labute approximate surface area is 178 Å². The predicted molar refractivity (Wildman–Crippen MR) is 96.0 cm³/mol. The van der Waals surface area contributed by atoms with E-state index in [0.717, 1.165) is 0 Å². The zero-order chi connectivity index (χ0) is 24.6. The van der Waals surface area contributed by atoms with Crippen LogP contribution < -0.4 is 9.44 Å². The van der Waals surface area contributed by atoms with E-state index in [1.54, 1.807) is 4.72 Å². The SMILES string of the molecule is O=S(=O)(NC1CCC(c2cc(F)ccc2F)(S(=O)(=O)NCCC(F)(F)F)CC1)C(F)(F)F. The molecule has 1 aromatic carbocycles. The van der Waals surface area contributed by atoms with E-state index in [-0.39, 0.29) is 0 Å². The van der Waals surface area contributed by atoms with Crippen molar-refractivity contribution in [2.24, 2.45) is 0 Å². The fourth-order valence-electron chi connectivity index (χ4n) is 3.48. The molecule has 0 bridgehead atoms. The minimum Gasteiger partial charge on any atom is -0.214 e. The van der Waals surface area contributed by atoms with Crippen LogP contribution in [0.1, 0.15) is 37.7 Å². The van der Waals surface area contributed by atoms with Crippen molar-refractivity contribution in [3.8, 4) is 0 Å². The van der Waals surface area contributed by atoms with Crippen LogP contribution in [0.5, 0.6) is 0 Å². The Morgan fingerprint density at radius 2 is 1.53 bits per heavy atom. The molecule has 1 aliphatic carbocycles. The molecule has 0 unspecified atom stereocenters. The van der Waals surface area contributed by atoms with Crippen LogP contribution in [-0.4, -0.2) is 41.1 Å². The molecule has 0 spiro atoms. The van der Waals surface area contributed by atoms with Crippen LogP contribution in [0.25, 0.3) is 0 Å². The van der Waals surface area contributed by atoms with Crippen LogP contribution >= 0.6 is 0 Å². The lowest BCUT2D eigenvalue weighted by molar-refractivity contribution is -0.132. The molecule has 0 amide bonds. The molecule has 0 heterocycles. The van der Waals surface area contributed by atoms with Gasteiger partial charge in [0, 0.05) is 18.2 Å². The van der Waals surface area contributed by atoms with Gasteiger partial charge in [0.2, 0.25) is 10.0 Å². The predicted octanol–water partition coefficient (Wildman–Crippen LogP) is 3.41. The maximum Gasteiger partial charge on any atom is 0.511 e. The number of alkyl halides is 6. The van der Waals surface area contributed by atoms with Crippen LogP contribution in [0.2, 0.25) is 0 Å². The first-order chi connectivity index (χ1) is 14.4. The summed E-state index contributed by atoms with van der Waals surface area (Å²) in [7, 11) is -10.6. The molecule has 32 heavy (non-hydrogen) atoms. The third-order valence-corrected chi connectivity index (χ3v) is 8.55. The molecule has 1 saturated carbocycles. The number of halogens is 8. The molecular weight excluding hydrogens is 500 g/mol. The highest BCUT2D eigenvalue weighted by atomic mass is 32.2. The topological polar surface area (TPSA) is 92.3 Å². The van der Waals surface area contributed by atoms with Gasteiger partial charge in [-0.3, -0.25) is 0 Å². The summed E-state index contributed by atoms with van der Waals surface area (Å²) >= 11 is 0. The Morgan fingerprint density at radius 1 is 0.969 bits per heavy atom. The van der Waals surface area contributed by atoms with Gasteiger partial charge in [-0.1, -0.05) is 0 Å². The van der Waals surface area contributed by atoms with Crippen molar-refractivity contribution in [1.82, 2.24) is 9.44 Å². The molecule has 1 fully saturated rings. The molecule has 1 aromatic rings. The Balaban J connectivity index is 2.37. The van der Waals surface area contributed by atoms with E-state index < -0.39 is 98.4 Å². The van der Waals surface area contributed by atoms with E-state index in [1.165, 1.54) is 4.72 Å². The molecule has 1 aliphatic rings. The fourth-order valence-corrected chi connectivity index (χ4v) is 6.16. The van der Waals surface area contributed by atoms with Crippen molar-refractivity contribution in [2.75, 3.05) is 6.54 Å². The number of nitrogens with one attached hydrogen (secondary N) is 2. The van der Waals surface area contributed by atoms with Gasteiger partial charge in [-0.2, -0.15) is 26.3 Å². The van der Waals surface area contributed by atoms with Gasteiger partial charge >= 0.3 is 21.7 Å². The summed E-state index contributed by atoms with van der Waals surface area (Å²) in [4.78, 5) is 0. The molecule has 2 rings (SSSR count). The molecule has 0 saturated heterocycles. The molecule has 0 aromatic heterocycles. The average Bonchev–Trinajstić information content (AvgIpc) is 2.62. The Morgan fingerprint density at radius 3 is 2.03 bits per heavy atom. The molecule has 0 aliphatic heterocycles. The zero-order valence-electron chi connectivity index (χ0n) is 16.0. The van der Waals surface area contributed by atoms with E-state index in [4.69, 9.17) is 0 Å². The van der Waals surface area contributed by atoms with Crippen molar-refractivity contribution < 1.29 is 52.0 Å². The first-order valence-electron chi connectivity index (χ1n) is 9.00. The Kier molecular flexibility index (Phi) is 7.54. The maximum atomic E-state index is 14.5. The molecule has 0 atom stereocenters. The minimum absolute atomic E-state index is 0.536. The number of benzene rings is 1. The normalized spacial score (nSPS) is 23.3. The van der Waals surface area contributed by atoms with Gasteiger partial charge in [0.1, 0.15) is 16.4 Å². The minimum atomic E-state index is -5.75. The first kappa shape index (κ1) is 26.7. The van der Waals surface area contributed by atoms with Crippen molar-refractivity contribution in [1.29, 1.82) is 0 Å². The zero-order valence-corrected chi connectivity index (χ0v) is 17.7. The van der Waals surface area contributed by atoms with E-state index in [2.05, 4.69) is 0 Å². The highest BCUT2D eigenvalue weighted by molar-refractivity contribution is 7.90. The van der Waals surface area contributed by atoms with E-state index in [9.17, 15) is 52.0 Å². The standard InChI is InChI=1S/C16H18F8N2O4S2/c17-10-1-2-13(18)12(9-10)14(31(27,28)25-8-7-15(19,20)21)5-3-11(4-6-14)26-32(29,30)16(22,23)24/h1-2,9,11,25-26H,3-8H2. The monoisotopic (exact) mass is 518 g/mol. The molecular formula is C16H18F8N2O4S2. The third-order valence-electron chi connectivity index (χ3n) is 5.05. The van der Waals surface area contributed by atoms with Crippen molar-refractivity contribution >= 4 is 20.0 Å². The lowest BCUT2D eigenvalue weighted by Crippen LogP contribution is -2.51. The van der Waals surface area contributed by atoms with Crippen molar-refractivity contribution in [3.05, 3.63) is 35.4 Å². The molecule has 2 N–H and O–H groups in total. The largest absolute Gasteiger partial charge is 0.511 e. The average molecular weight is 518 g/mol. The highest BCUT2D eigenvalue weighted by Crippen LogP contribution is 2.45. The summed E-state index contributed by atoms with van der Waals surface area (Å²) in [5.41, 5.74) is -6.34. The lowest BCUT2D eigenvalue weighted by atomic mass is 9.81. The second kappa shape index (κ2) is 9.02. The molecule has 16 heteroatoms. The van der Waals surface area contributed by atoms with Gasteiger partial charge in [-0.25, -0.2) is 35.1 Å². The van der Waals surface area contributed by atoms with Crippen molar-refractivity contribution in [3.63, 3.8) is 0 Å². The van der Waals surface area contributed by atoms with Gasteiger partial charge in [0.25, 0.3) is 0 Å². The van der Waals surface area contributed by atoms with Gasteiger partial charge in [0.05, 0.1) is 6.42 Å². The van der Waals surface area contributed by atoms with E-state index in [1.807, 2.05) is 0 Å².